The molecule has 0 bridgehead atoms. The highest BCUT2D eigenvalue weighted by Crippen LogP contribution is 2.24. The van der Waals surface area contributed by atoms with E-state index in [4.69, 9.17) is 0 Å². The molecule has 1 heterocycles. The van der Waals surface area contributed by atoms with Crippen LogP contribution in [0.15, 0.2) is 65.9 Å². The van der Waals surface area contributed by atoms with Gasteiger partial charge in [0.15, 0.2) is 0 Å². The number of aromatic nitrogens is 1. The average molecular weight is 250 g/mol. The average Bonchev–Trinajstić information content (AvgIpc) is 2.47. The zero-order valence-corrected chi connectivity index (χ0v) is 10.1. The smallest absolute Gasteiger partial charge is 0.123 e. The third kappa shape index (κ3) is 2.50. The number of benzene rings is 2. The lowest BCUT2D eigenvalue weighted by molar-refractivity contribution is 0.628. The summed E-state index contributed by atoms with van der Waals surface area (Å²) in [5.74, 6) is -0.242. The summed E-state index contributed by atoms with van der Waals surface area (Å²) in [5, 5.41) is 2.10. The van der Waals surface area contributed by atoms with Crippen LogP contribution in [0.3, 0.4) is 0 Å². The highest BCUT2D eigenvalue weighted by molar-refractivity contribution is 5.94. The summed E-state index contributed by atoms with van der Waals surface area (Å²) in [6, 6.07) is 14.1. The molecule has 3 heteroatoms. The van der Waals surface area contributed by atoms with E-state index in [0.717, 1.165) is 22.0 Å². The number of hydrogen-bond acceptors (Lipinski definition) is 2. The van der Waals surface area contributed by atoms with Crippen LogP contribution < -0.4 is 0 Å². The molecule has 0 saturated heterocycles. The van der Waals surface area contributed by atoms with Gasteiger partial charge in [-0.15, -0.1) is 0 Å². The summed E-state index contributed by atoms with van der Waals surface area (Å²) < 4.78 is 12.8. The standard InChI is InChI=1S/C16H11FN2/c17-14-6-4-12(5-7-14)10-19-16-3-1-2-13-11-18-9-8-15(13)16/h1-11H. The topological polar surface area (TPSA) is 25.2 Å². The van der Waals surface area contributed by atoms with Crippen molar-refractivity contribution < 1.29 is 4.39 Å². The van der Waals surface area contributed by atoms with Crippen molar-refractivity contribution in [3.05, 3.63) is 72.3 Å². The number of halogens is 1. The Hall–Kier alpha value is -2.55. The van der Waals surface area contributed by atoms with E-state index < -0.39 is 0 Å². The molecule has 0 unspecified atom stereocenters. The lowest BCUT2D eigenvalue weighted by Crippen LogP contribution is -1.82. The first kappa shape index (κ1) is 11.5. The van der Waals surface area contributed by atoms with Gasteiger partial charge in [-0.2, -0.15) is 0 Å². The normalized spacial score (nSPS) is 11.2. The summed E-state index contributed by atoms with van der Waals surface area (Å²) in [7, 11) is 0. The Morgan fingerprint density at radius 3 is 2.68 bits per heavy atom. The van der Waals surface area contributed by atoms with Crippen LogP contribution in [0.2, 0.25) is 0 Å². The summed E-state index contributed by atoms with van der Waals surface area (Å²) in [5.41, 5.74) is 1.75. The molecule has 0 amide bonds. The van der Waals surface area contributed by atoms with Crippen LogP contribution in [0.4, 0.5) is 10.1 Å². The highest BCUT2D eigenvalue weighted by atomic mass is 19.1. The summed E-state index contributed by atoms with van der Waals surface area (Å²) in [6.07, 6.45) is 5.29. The molecule has 0 aliphatic carbocycles. The molecule has 0 saturated carbocycles. The lowest BCUT2D eigenvalue weighted by atomic mass is 10.1. The maximum absolute atomic E-state index is 12.8. The first-order chi connectivity index (χ1) is 9.33. The number of nitrogens with zero attached hydrogens (tertiary/aromatic N) is 2. The van der Waals surface area contributed by atoms with Gasteiger partial charge in [-0.25, -0.2) is 4.39 Å². The second-order valence-corrected chi connectivity index (χ2v) is 4.18. The Kier molecular flexibility index (Phi) is 3.02. The molecule has 2 aromatic carbocycles. The first-order valence-corrected chi connectivity index (χ1v) is 5.95. The monoisotopic (exact) mass is 250 g/mol. The Bertz CT molecular complexity index is 728. The van der Waals surface area contributed by atoms with Crippen LogP contribution in [-0.2, 0) is 0 Å². The van der Waals surface area contributed by atoms with E-state index in [9.17, 15) is 4.39 Å². The van der Waals surface area contributed by atoms with Gasteiger partial charge in [-0.1, -0.05) is 24.3 Å². The van der Waals surface area contributed by atoms with E-state index in [2.05, 4.69) is 9.98 Å². The van der Waals surface area contributed by atoms with Gasteiger partial charge in [0.05, 0.1) is 5.69 Å². The van der Waals surface area contributed by atoms with E-state index in [1.165, 1.54) is 12.1 Å². The van der Waals surface area contributed by atoms with Gasteiger partial charge in [-0.05, 0) is 29.8 Å². The first-order valence-electron chi connectivity index (χ1n) is 5.95. The zero-order valence-electron chi connectivity index (χ0n) is 10.1. The molecule has 0 N–H and O–H groups in total. The molecule has 0 fully saturated rings. The van der Waals surface area contributed by atoms with Crippen molar-refractivity contribution in [1.29, 1.82) is 0 Å². The molecule has 19 heavy (non-hydrogen) atoms. The molecule has 3 rings (SSSR count). The lowest BCUT2D eigenvalue weighted by Gasteiger charge is -2.00. The second-order valence-electron chi connectivity index (χ2n) is 4.18. The molecular formula is C16H11FN2. The quantitative estimate of drug-likeness (QED) is 0.628. The molecule has 0 aliphatic rings. The number of pyridine rings is 1. The maximum Gasteiger partial charge on any atom is 0.123 e. The zero-order chi connectivity index (χ0) is 13.1. The minimum Gasteiger partial charge on any atom is -0.264 e. The van der Waals surface area contributed by atoms with Crippen LogP contribution in [0.25, 0.3) is 10.8 Å². The van der Waals surface area contributed by atoms with Crippen LogP contribution in [0.5, 0.6) is 0 Å². The Balaban J connectivity index is 1.99. The van der Waals surface area contributed by atoms with Crippen molar-refractivity contribution in [3.63, 3.8) is 0 Å². The molecule has 0 spiro atoms. The van der Waals surface area contributed by atoms with E-state index in [0.29, 0.717) is 0 Å². The van der Waals surface area contributed by atoms with Gasteiger partial charge in [0.1, 0.15) is 5.82 Å². The van der Waals surface area contributed by atoms with Crippen molar-refractivity contribution >= 4 is 22.7 Å². The number of rotatable bonds is 2. The summed E-state index contributed by atoms with van der Waals surface area (Å²) >= 11 is 0. The Labute approximate surface area is 110 Å². The van der Waals surface area contributed by atoms with Crippen LogP contribution in [-0.4, -0.2) is 11.2 Å². The molecule has 2 nitrogen and oxygen atoms in total. The predicted octanol–water partition coefficient (Wildman–Crippen LogP) is 4.12. The van der Waals surface area contributed by atoms with Crippen molar-refractivity contribution in [2.45, 2.75) is 0 Å². The number of fused-ring (bicyclic) bond motifs is 1. The minimum absolute atomic E-state index is 0.242. The van der Waals surface area contributed by atoms with Crippen molar-refractivity contribution in [2.24, 2.45) is 4.99 Å². The van der Waals surface area contributed by atoms with Crippen molar-refractivity contribution in [1.82, 2.24) is 4.98 Å². The molecule has 0 aliphatic heterocycles. The van der Waals surface area contributed by atoms with Gasteiger partial charge >= 0.3 is 0 Å². The van der Waals surface area contributed by atoms with E-state index in [1.54, 1.807) is 24.5 Å². The molecule has 1 aromatic heterocycles. The third-order valence-corrected chi connectivity index (χ3v) is 2.88. The van der Waals surface area contributed by atoms with Crippen LogP contribution >= 0.6 is 0 Å². The predicted molar refractivity (Wildman–Crippen MR) is 75.4 cm³/mol. The fourth-order valence-electron chi connectivity index (χ4n) is 1.91. The van der Waals surface area contributed by atoms with Gasteiger partial charge in [0, 0.05) is 29.4 Å². The molecule has 0 atom stereocenters. The van der Waals surface area contributed by atoms with Crippen molar-refractivity contribution in [3.8, 4) is 0 Å². The van der Waals surface area contributed by atoms with E-state index in [1.807, 2.05) is 30.5 Å². The molecule has 92 valence electrons. The van der Waals surface area contributed by atoms with Gasteiger partial charge in [-0.3, -0.25) is 9.98 Å². The third-order valence-electron chi connectivity index (χ3n) is 2.88. The SMILES string of the molecule is Fc1ccc(C=Nc2cccc3cnccc23)cc1. The summed E-state index contributed by atoms with van der Waals surface area (Å²) in [4.78, 5) is 8.55. The van der Waals surface area contributed by atoms with Gasteiger partial charge in [0.25, 0.3) is 0 Å². The molecule has 3 aromatic rings. The maximum atomic E-state index is 12.8. The highest BCUT2D eigenvalue weighted by Gasteiger charge is 1.98. The number of hydrogen-bond donors (Lipinski definition) is 0. The minimum atomic E-state index is -0.242. The fraction of sp³-hybridized carbons (Fsp3) is 0. The Morgan fingerprint density at radius 2 is 1.84 bits per heavy atom. The molecular weight excluding hydrogens is 239 g/mol. The molecule has 0 radical (unpaired) electrons. The van der Waals surface area contributed by atoms with Crippen LogP contribution in [0.1, 0.15) is 5.56 Å². The van der Waals surface area contributed by atoms with E-state index >= 15 is 0 Å². The summed E-state index contributed by atoms with van der Waals surface area (Å²) in [6.45, 7) is 0. The Morgan fingerprint density at radius 1 is 1.00 bits per heavy atom. The van der Waals surface area contributed by atoms with Crippen molar-refractivity contribution in [2.75, 3.05) is 0 Å². The van der Waals surface area contributed by atoms with Crippen LogP contribution in [0, 0.1) is 5.82 Å². The second kappa shape index (κ2) is 4.98. The fourth-order valence-corrected chi connectivity index (χ4v) is 1.91. The van der Waals surface area contributed by atoms with Gasteiger partial charge in [0.2, 0.25) is 0 Å². The van der Waals surface area contributed by atoms with Gasteiger partial charge < -0.3 is 0 Å². The van der Waals surface area contributed by atoms with E-state index in [-0.39, 0.29) is 5.82 Å². The number of aliphatic imine (C=N–C) groups is 1. The largest absolute Gasteiger partial charge is 0.264 e.